The van der Waals surface area contributed by atoms with Crippen LogP contribution in [-0.4, -0.2) is 40.0 Å². The van der Waals surface area contributed by atoms with Crippen molar-refractivity contribution in [1.82, 2.24) is 9.80 Å². The molecule has 1 aliphatic rings. The standard InChI is InChI=1S/C24H23N5O3/c1-24(19-5-3-2-4-6-19)22(31)28(23(32)29(24)14-20(25)30)13-15-7-8-16-9-10-17(21(26)27)12-18(16)11-15/h2-12H,13-14H2,1H3,(H2,25,30)(H3,26,27). The third-order valence-corrected chi connectivity index (χ3v) is 5.87. The Morgan fingerprint density at radius 3 is 2.31 bits per heavy atom. The summed E-state index contributed by atoms with van der Waals surface area (Å²) in [7, 11) is 0. The van der Waals surface area contributed by atoms with E-state index >= 15 is 0 Å². The number of hydrogen-bond donors (Lipinski definition) is 3. The van der Waals surface area contributed by atoms with Gasteiger partial charge < -0.3 is 11.5 Å². The highest BCUT2D eigenvalue weighted by Crippen LogP contribution is 2.37. The summed E-state index contributed by atoms with van der Waals surface area (Å²) in [5, 5.41) is 9.43. The van der Waals surface area contributed by atoms with Gasteiger partial charge in [0.05, 0.1) is 6.54 Å². The van der Waals surface area contributed by atoms with Gasteiger partial charge in [0.2, 0.25) is 5.91 Å². The number of amidine groups is 1. The van der Waals surface area contributed by atoms with Gasteiger partial charge in [0.15, 0.2) is 0 Å². The quantitative estimate of drug-likeness (QED) is 0.315. The number of amides is 4. The number of primary amides is 1. The van der Waals surface area contributed by atoms with E-state index in [2.05, 4.69) is 0 Å². The highest BCUT2D eigenvalue weighted by atomic mass is 16.2. The number of nitrogens with two attached hydrogens (primary N) is 2. The lowest BCUT2D eigenvalue weighted by molar-refractivity contribution is -0.133. The Morgan fingerprint density at radius 1 is 0.969 bits per heavy atom. The van der Waals surface area contributed by atoms with Crippen LogP contribution in [0.2, 0.25) is 0 Å². The molecule has 3 aromatic carbocycles. The van der Waals surface area contributed by atoms with Crippen molar-refractivity contribution in [1.29, 1.82) is 5.41 Å². The summed E-state index contributed by atoms with van der Waals surface area (Å²) in [4.78, 5) is 40.8. The first kappa shape index (κ1) is 21.0. The maximum atomic E-state index is 13.5. The first-order valence-corrected chi connectivity index (χ1v) is 10.1. The summed E-state index contributed by atoms with van der Waals surface area (Å²) in [6.07, 6.45) is 0. The van der Waals surface area contributed by atoms with Crippen LogP contribution < -0.4 is 11.5 Å². The molecule has 1 atom stereocenters. The van der Waals surface area contributed by atoms with Crippen LogP contribution in [0.3, 0.4) is 0 Å². The molecular formula is C24H23N5O3. The largest absolute Gasteiger partial charge is 0.384 e. The fraction of sp³-hybridized carbons (Fsp3) is 0.167. The van der Waals surface area contributed by atoms with E-state index in [1.54, 1.807) is 43.3 Å². The number of carbonyl (C=O) groups is 3. The van der Waals surface area contributed by atoms with Gasteiger partial charge in [-0.15, -0.1) is 0 Å². The van der Waals surface area contributed by atoms with E-state index in [9.17, 15) is 14.4 Å². The molecule has 0 bridgehead atoms. The van der Waals surface area contributed by atoms with Gasteiger partial charge in [-0.2, -0.15) is 0 Å². The van der Waals surface area contributed by atoms with Crippen LogP contribution in [0.1, 0.15) is 23.6 Å². The van der Waals surface area contributed by atoms with Crippen LogP contribution >= 0.6 is 0 Å². The number of benzene rings is 3. The number of carbonyl (C=O) groups excluding carboxylic acids is 3. The van der Waals surface area contributed by atoms with Gasteiger partial charge in [0, 0.05) is 5.56 Å². The zero-order valence-electron chi connectivity index (χ0n) is 17.5. The summed E-state index contributed by atoms with van der Waals surface area (Å²) in [6.45, 7) is 1.30. The first-order chi connectivity index (χ1) is 15.2. The highest BCUT2D eigenvalue weighted by molar-refractivity contribution is 6.08. The average Bonchev–Trinajstić information content (AvgIpc) is 2.95. The molecule has 4 amide bonds. The summed E-state index contributed by atoms with van der Waals surface area (Å²) in [5.41, 5.74) is 11.6. The molecule has 0 radical (unpaired) electrons. The first-order valence-electron chi connectivity index (χ1n) is 10.1. The highest BCUT2D eigenvalue weighted by Gasteiger charge is 2.55. The number of urea groups is 1. The van der Waals surface area contributed by atoms with Crippen LogP contribution in [0.4, 0.5) is 4.79 Å². The second-order valence-corrected chi connectivity index (χ2v) is 7.97. The normalized spacial score (nSPS) is 18.4. The Morgan fingerprint density at radius 2 is 1.66 bits per heavy atom. The van der Waals surface area contributed by atoms with E-state index in [1.165, 1.54) is 4.90 Å². The fourth-order valence-electron chi connectivity index (χ4n) is 4.11. The minimum Gasteiger partial charge on any atom is -0.384 e. The summed E-state index contributed by atoms with van der Waals surface area (Å²) in [5.74, 6) is -1.16. The number of imide groups is 1. The van der Waals surface area contributed by atoms with Gasteiger partial charge in [-0.05, 0) is 41.0 Å². The van der Waals surface area contributed by atoms with Gasteiger partial charge >= 0.3 is 6.03 Å². The fourth-order valence-corrected chi connectivity index (χ4v) is 4.11. The molecule has 3 aromatic rings. The van der Waals surface area contributed by atoms with Crippen molar-refractivity contribution in [2.75, 3.05) is 6.54 Å². The lowest BCUT2D eigenvalue weighted by atomic mass is 9.90. The molecule has 4 rings (SSSR count). The average molecular weight is 429 g/mol. The number of nitrogens with zero attached hydrogens (tertiary/aromatic N) is 2. The van der Waals surface area contributed by atoms with E-state index in [-0.39, 0.29) is 18.9 Å². The van der Waals surface area contributed by atoms with E-state index in [4.69, 9.17) is 16.9 Å². The second kappa shape index (κ2) is 7.81. The summed E-state index contributed by atoms with van der Waals surface area (Å²) >= 11 is 0. The van der Waals surface area contributed by atoms with Gasteiger partial charge in [0.25, 0.3) is 5.91 Å². The molecule has 1 unspecified atom stereocenters. The van der Waals surface area contributed by atoms with Crippen LogP contribution in [0.25, 0.3) is 10.8 Å². The third kappa shape index (κ3) is 3.45. The van der Waals surface area contributed by atoms with Crippen molar-refractivity contribution in [3.05, 3.63) is 83.4 Å². The maximum absolute atomic E-state index is 13.5. The topological polar surface area (TPSA) is 134 Å². The van der Waals surface area contributed by atoms with Gasteiger partial charge in [-0.3, -0.25) is 24.8 Å². The Bertz CT molecular complexity index is 1260. The van der Waals surface area contributed by atoms with Crippen molar-refractivity contribution in [3.8, 4) is 0 Å². The summed E-state index contributed by atoms with van der Waals surface area (Å²) in [6, 6.07) is 19.3. The lowest BCUT2D eigenvalue weighted by Crippen LogP contribution is -2.47. The number of rotatable bonds is 6. The Kier molecular flexibility index (Phi) is 5.14. The van der Waals surface area contributed by atoms with Crippen molar-refractivity contribution in [2.24, 2.45) is 11.5 Å². The minimum atomic E-state index is -1.34. The molecule has 1 aliphatic heterocycles. The molecule has 1 heterocycles. The Labute approximate surface area is 184 Å². The van der Waals surface area contributed by atoms with Crippen LogP contribution in [0, 0.1) is 5.41 Å². The van der Waals surface area contributed by atoms with Crippen LogP contribution in [-0.2, 0) is 21.7 Å². The molecule has 8 heteroatoms. The Hall–Kier alpha value is -4.20. The number of nitrogens with one attached hydrogen (secondary N) is 1. The minimum absolute atomic E-state index is 0.0373. The van der Waals surface area contributed by atoms with Crippen molar-refractivity contribution in [2.45, 2.75) is 19.0 Å². The van der Waals surface area contributed by atoms with Crippen molar-refractivity contribution >= 4 is 34.5 Å². The zero-order valence-corrected chi connectivity index (χ0v) is 17.5. The molecule has 8 nitrogen and oxygen atoms in total. The maximum Gasteiger partial charge on any atom is 0.328 e. The van der Waals surface area contributed by atoms with Gasteiger partial charge in [-0.1, -0.05) is 54.6 Å². The monoisotopic (exact) mass is 429 g/mol. The molecule has 1 fully saturated rings. The molecule has 162 valence electrons. The number of nitrogen functional groups attached to an aromatic ring is 1. The molecule has 0 aliphatic carbocycles. The smallest absolute Gasteiger partial charge is 0.328 e. The van der Waals surface area contributed by atoms with Crippen LogP contribution in [0.5, 0.6) is 0 Å². The van der Waals surface area contributed by atoms with Crippen molar-refractivity contribution in [3.63, 3.8) is 0 Å². The lowest BCUT2D eigenvalue weighted by Gasteiger charge is -2.31. The Balaban J connectivity index is 1.72. The molecule has 32 heavy (non-hydrogen) atoms. The van der Waals surface area contributed by atoms with Gasteiger partial charge in [0.1, 0.15) is 17.9 Å². The molecule has 0 saturated carbocycles. The number of fused-ring (bicyclic) bond motifs is 1. The van der Waals surface area contributed by atoms with E-state index in [1.807, 2.05) is 30.3 Å². The molecule has 5 N–H and O–H groups in total. The van der Waals surface area contributed by atoms with Crippen molar-refractivity contribution < 1.29 is 14.4 Å². The van der Waals surface area contributed by atoms with E-state index in [0.717, 1.165) is 21.2 Å². The molecule has 1 saturated heterocycles. The molecular weight excluding hydrogens is 406 g/mol. The predicted octanol–water partition coefficient (Wildman–Crippen LogP) is 2.29. The summed E-state index contributed by atoms with van der Waals surface area (Å²) < 4.78 is 0. The van der Waals surface area contributed by atoms with Gasteiger partial charge in [-0.25, -0.2) is 4.79 Å². The van der Waals surface area contributed by atoms with E-state index in [0.29, 0.717) is 11.1 Å². The SMILES string of the molecule is CC1(c2ccccc2)C(=O)N(Cc2ccc3ccc(C(=N)N)cc3c2)C(=O)N1CC(N)=O. The molecule has 0 spiro atoms. The zero-order chi connectivity index (χ0) is 23.0. The van der Waals surface area contributed by atoms with E-state index < -0.39 is 23.4 Å². The second-order valence-electron chi connectivity index (χ2n) is 7.97. The van der Waals surface area contributed by atoms with Crippen LogP contribution in [0.15, 0.2) is 66.7 Å². The molecule has 0 aromatic heterocycles. The predicted molar refractivity (Wildman–Crippen MR) is 121 cm³/mol. The third-order valence-electron chi connectivity index (χ3n) is 5.87. The number of hydrogen-bond acceptors (Lipinski definition) is 4.